The van der Waals surface area contributed by atoms with Crippen LogP contribution in [0.25, 0.3) is 0 Å². The largest absolute Gasteiger partial charge is 0.491 e. The van der Waals surface area contributed by atoms with Gasteiger partial charge in [0, 0.05) is 11.5 Å². The minimum Gasteiger partial charge on any atom is -0.491 e. The van der Waals surface area contributed by atoms with Crippen LogP contribution >= 0.6 is 11.6 Å². The quantitative estimate of drug-likeness (QED) is 0.481. The molecule has 1 aromatic heterocycles. The van der Waals surface area contributed by atoms with Gasteiger partial charge in [-0.05, 0) is 48.7 Å². The zero-order valence-corrected chi connectivity index (χ0v) is 19.5. The van der Waals surface area contributed by atoms with Gasteiger partial charge in [-0.2, -0.15) is 5.26 Å². The predicted octanol–water partition coefficient (Wildman–Crippen LogP) is 5.59. The average molecular weight is 451 g/mol. The maximum Gasteiger partial charge on any atom is 0.155 e. The molecule has 0 aliphatic rings. The van der Waals surface area contributed by atoms with Crippen molar-refractivity contribution in [2.75, 3.05) is 12.3 Å². The first-order chi connectivity index (χ1) is 15.2. The number of aromatic nitrogens is 2. The molecule has 2 aromatic carbocycles. The van der Waals surface area contributed by atoms with E-state index >= 15 is 0 Å². The van der Waals surface area contributed by atoms with Gasteiger partial charge in [0.05, 0.1) is 22.9 Å². The first-order valence-electron chi connectivity index (χ1n) is 10.4. The Balaban J connectivity index is 1.80. The van der Waals surface area contributed by atoms with Crippen LogP contribution in [0.2, 0.25) is 5.02 Å². The number of aryl methyl sites for hydroxylation is 1. The highest BCUT2D eigenvalue weighted by molar-refractivity contribution is 6.32. The lowest BCUT2D eigenvalue weighted by atomic mass is 9.77. The molecule has 0 bridgehead atoms. The molecule has 2 N–H and O–H groups in total. The summed E-state index contributed by atoms with van der Waals surface area (Å²) in [4.78, 5) is 8.40. The van der Waals surface area contributed by atoms with Crippen molar-refractivity contribution >= 4 is 17.4 Å². The molecule has 0 radical (unpaired) electrons. The van der Waals surface area contributed by atoms with Crippen molar-refractivity contribution in [3.63, 3.8) is 0 Å². The molecular weight excluding hydrogens is 424 g/mol. The molecule has 6 nitrogen and oxygen atoms in total. The Hall–Kier alpha value is -3.30. The van der Waals surface area contributed by atoms with E-state index in [0.29, 0.717) is 41.2 Å². The van der Waals surface area contributed by atoms with E-state index in [1.54, 1.807) is 13.0 Å². The Morgan fingerprint density at radius 2 is 1.78 bits per heavy atom. The Morgan fingerprint density at radius 1 is 1.06 bits per heavy atom. The fraction of sp³-hybridized carbons (Fsp3) is 0.320. The molecular formula is C25H27ClN4O2. The molecule has 0 aliphatic heterocycles. The smallest absolute Gasteiger partial charge is 0.155 e. The third-order valence-electron chi connectivity index (χ3n) is 5.21. The minimum absolute atomic E-state index is 0.302. The number of anilines is 1. The first kappa shape index (κ1) is 23.4. The van der Waals surface area contributed by atoms with Crippen molar-refractivity contribution < 1.29 is 9.47 Å². The molecule has 0 unspecified atom stereocenters. The zero-order valence-electron chi connectivity index (χ0n) is 18.8. The molecule has 0 spiro atoms. The normalized spacial score (nSPS) is 11.1. The van der Waals surface area contributed by atoms with Crippen molar-refractivity contribution in [2.45, 2.75) is 46.1 Å². The molecule has 1 heterocycles. The van der Waals surface area contributed by atoms with Crippen LogP contribution < -0.4 is 15.2 Å². The van der Waals surface area contributed by atoms with E-state index < -0.39 is 0 Å². The molecule has 0 saturated heterocycles. The van der Waals surface area contributed by atoms with Gasteiger partial charge < -0.3 is 15.2 Å². The Kier molecular flexibility index (Phi) is 7.22. The number of ether oxygens (including phenoxy) is 2. The summed E-state index contributed by atoms with van der Waals surface area (Å²) in [6.07, 6.45) is 0.840. The second-order valence-electron chi connectivity index (χ2n) is 8.06. The van der Waals surface area contributed by atoms with Crippen LogP contribution in [0.4, 0.5) is 5.82 Å². The second-order valence-corrected chi connectivity index (χ2v) is 8.47. The average Bonchev–Trinajstić information content (AvgIpc) is 2.76. The summed E-state index contributed by atoms with van der Waals surface area (Å²) in [5, 5.41) is 10.0. The molecule has 0 amide bonds. The molecule has 0 fully saturated rings. The number of halogens is 1. The van der Waals surface area contributed by atoms with Crippen molar-refractivity contribution in [3.05, 3.63) is 75.7 Å². The van der Waals surface area contributed by atoms with Crippen molar-refractivity contribution in [1.82, 2.24) is 9.97 Å². The van der Waals surface area contributed by atoms with Crippen LogP contribution in [0.3, 0.4) is 0 Å². The molecule has 3 rings (SSSR count). The molecule has 32 heavy (non-hydrogen) atoms. The molecule has 0 atom stereocenters. The SMILES string of the molecule is CCCOc1c(Cl)cc(C(C)(C)c2ccc(OCc3cc(N)nc(C)n3)cc2)cc1C#N. The van der Waals surface area contributed by atoms with Crippen molar-refractivity contribution in [1.29, 1.82) is 5.26 Å². The van der Waals surface area contributed by atoms with Gasteiger partial charge in [-0.25, -0.2) is 9.97 Å². The standard InChI is InChI=1S/C25H27ClN4O2/c1-5-10-31-24-17(14-27)11-19(12-22(24)26)25(3,4)18-6-8-21(9-7-18)32-15-20-13-23(28)30-16(2)29-20/h6-9,11-13H,5,10,15H2,1-4H3,(H2,28,29,30). The minimum atomic E-state index is -0.380. The maximum atomic E-state index is 9.60. The van der Waals surface area contributed by atoms with E-state index in [4.69, 9.17) is 26.8 Å². The molecule has 7 heteroatoms. The highest BCUT2D eigenvalue weighted by Gasteiger charge is 2.26. The molecule has 166 valence electrons. The lowest BCUT2D eigenvalue weighted by molar-refractivity contribution is 0.300. The first-order valence-corrected chi connectivity index (χ1v) is 10.8. The zero-order chi connectivity index (χ0) is 23.3. The fourth-order valence-electron chi connectivity index (χ4n) is 3.41. The van der Waals surface area contributed by atoms with Crippen molar-refractivity contribution in [3.8, 4) is 17.6 Å². The predicted molar refractivity (Wildman–Crippen MR) is 126 cm³/mol. The van der Waals surface area contributed by atoms with Gasteiger partial charge in [0.2, 0.25) is 0 Å². The number of rotatable bonds is 8. The van der Waals surface area contributed by atoms with Gasteiger partial charge in [-0.3, -0.25) is 0 Å². The lowest BCUT2D eigenvalue weighted by Crippen LogP contribution is -2.19. The number of nitriles is 1. The van der Waals surface area contributed by atoms with Crippen LogP contribution in [0, 0.1) is 18.3 Å². The van der Waals surface area contributed by atoms with Crippen LogP contribution in [0.5, 0.6) is 11.5 Å². The van der Waals surface area contributed by atoms with Crippen LogP contribution in [-0.4, -0.2) is 16.6 Å². The summed E-state index contributed by atoms with van der Waals surface area (Å²) in [7, 11) is 0. The number of nitrogen functional groups attached to an aromatic ring is 1. The van der Waals surface area contributed by atoms with Gasteiger partial charge in [0.15, 0.2) is 5.75 Å². The van der Waals surface area contributed by atoms with E-state index in [1.807, 2.05) is 43.3 Å². The topological polar surface area (TPSA) is 94.1 Å². The number of benzene rings is 2. The van der Waals surface area contributed by atoms with Gasteiger partial charge in [0.1, 0.15) is 30.1 Å². The fourth-order valence-corrected chi connectivity index (χ4v) is 3.68. The lowest BCUT2D eigenvalue weighted by Gasteiger charge is -2.27. The second kappa shape index (κ2) is 9.88. The number of hydrogen-bond acceptors (Lipinski definition) is 6. The highest BCUT2D eigenvalue weighted by atomic mass is 35.5. The Labute approximate surface area is 194 Å². The van der Waals surface area contributed by atoms with Gasteiger partial charge in [0.25, 0.3) is 0 Å². The van der Waals surface area contributed by atoms with E-state index in [-0.39, 0.29) is 5.41 Å². The highest BCUT2D eigenvalue weighted by Crippen LogP contribution is 2.38. The van der Waals surface area contributed by atoms with E-state index in [9.17, 15) is 5.26 Å². The molecule has 0 saturated carbocycles. The Bertz CT molecular complexity index is 1120. The van der Waals surface area contributed by atoms with Crippen LogP contribution in [-0.2, 0) is 12.0 Å². The summed E-state index contributed by atoms with van der Waals surface area (Å²) in [6.45, 7) is 8.80. The van der Waals surface area contributed by atoms with Crippen molar-refractivity contribution in [2.24, 2.45) is 0 Å². The molecule has 0 aliphatic carbocycles. The van der Waals surface area contributed by atoms with E-state index in [0.717, 1.165) is 29.0 Å². The maximum absolute atomic E-state index is 9.60. The van der Waals surface area contributed by atoms with E-state index in [1.165, 1.54) is 0 Å². The van der Waals surface area contributed by atoms with Gasteiger partial charge >= 0.3 is 0 Å². The van der Waals surface area contributed by atoms with Gasteiger partial charge in [-0.15, -0.1) is 0 Å². The summed E-state index contributed by atoms with van der Waals surface area (Å²) >= 11 is 6.47. The third kappa shape index (κ3) is 5.30. The number of nitrogens with two attached hydrogens (primary N) is 1. The van der Waals surface area contributed by atoms with Crippen LogP contribution in [0.15, 0.2) is 42.5 Å². The van der Waals surface area contributed by atoms with E-state index in [2.05, 4.69) is 29.9 Å². The number of hydrogen-bond donors (Lipinski definition) is 1. The monoisotopic (exact) mass is 450 g/mol. The summed E-state index contributed by atoms with van der Waals surface area (Å²) in [6, 6.07) is 15.5. The Morgan fingerprint density at radius 3 is 2.41 bits per heavy atom. The summed E-state index contributed by atoms with van der Waals surface area (Å²) in [5.74, 6) is 2.20. The van der Waals surface area contributed by atoms with Crippen LogP contribution in [0.1, 0.15) is 55.4 Å². The third-order valence-corrected chi connectivity index (χ3v) is 5.49. The van der Waals surface area contributed by atoms with Gasteiger partial charge in [-0.1, -0.05) is 44.5 Å². The summed E-state index contributed by atoms with van der Waals surface area (Å²) in [5.41, 5.74) is 8.55. The number of nitrogens with zero attached hydrogens (tertiary/aromatic N) is 3. The summed E-state index contributed by atoms with van der Waals surface area (Å²) < 4.78 is 11.5. The molecule has 3 aromatic rings.